The van der Waals surface area contributed by atoms with Crippen molar-refractivity contribution in [2.75, 3.05) is 18.6 Å². The number of nitrogens with one attached hydrogen (secondary N) is 1. The Hall–Kier alpha value is -3.91. The summed E-state index contributed by atoms with van der Waals surface area (Å²) in [6.45, 7) is 0.288. The third-order valence-electron chi connectivity index (χ3n) is 5.52. The molecule has 3 aromatic rings. The van der Waals surface area contributed by atoms with Crippen LogP contribution >= 0.6 is 23.1 Å². The number of β-lactam (4-membered cyclic amide) rings is 1. The number of anilines is 1. The zero-order chi connectivity index (χ0) is 24.7. The molecule has 0 spiro atoms. The van der Waals surface area contributed by atoms with Crippen molar-refractivity contribution in [3.63, 3.8) is 0 Å². The van der Waals surface area contributed by atoms with Crippen LogP contribution in [0.25, 0.3) is 10.1 Å². The second kappa shape index (κ2) is 9.03. The van der Waals surface area contributed by atoms with Gasteiger partial charge in [0.1, 0.15) is 30.5 Å². The number of carboxylic acids is 1. The van der Waals surface area contributed by atoms with Gasteiger partial charge in [0.2, 0.25) is 0 Å². The van der Waals surface area contributed by atoms with Gasteiger partial charge in [-0.15, -0.1) is 23.1 Å². The fourth-order valence-corrected chi connectivity index (χ4v) is 6.12. The average molecular weight is 515 g/mol. The molecule has 0 aromatic carbocycles. The second-order valence-corrected chi connectivity index (χ2v) is 9.70. The lowest BCUT2D eigenvalue weighted by Gasteiger charge is -2.50. The number of carbonyl (C=O) groups excluding carboxylic acids is 3. The van der Waals surface area contributed by atoms with Crippen LogP contribution in [0.15, 0.2) is 57.0 Å². The number of pyridine rings is 1. The number of aliphatic carboxylic acids is 1. The molecule has 0 aliphatic carbocycles. The Kier molecular flexibility index (Phi) is 5.90. The number of fused-ring (bicyclic) bond motifs is 2. The standard InChI is InChI=1S/C21H18N6O6S2/c1-32-25-14(12-8-33-21(22)23-12)17(28)24-15-18(29)27-16(20(30)31)11(9-35-19(15)27)6-26-4-2-10-3-5-34-13(10)7-26/h2-5,7-8,15,19H,6,9H2,1H3,(H3-,22,23,24,28,30,31)/b25-14-/t15?,19-/m1/s1. The van der Waals surface area contributed by atoms with Crippen molar-refractivity contribution in [1.29, 1.82) is 0 Å². The second-order valence-electron chi connectivity index (χ2n) is 7.65. The van der Waals surface area contributed by atoms with Crippen molar-refractivity contribution in [2.45, 2.75) is 18.0 Å². The number of thiophene rings is 1. The maximum absolute atomic E-state index is 12.9. The summed E-state index contributed by atoms with van der Waals surface area (Å²) in [5.41, 5.74) is 5.62. The van der Waals surface area contributed by atoms with Crippen LogP contribution in [0.4, 0.5) is 6.01 Å². The minimum absolute atomic E-state index is 0.0270. The topological polar surface area (TPSA) is 167 Å². The van der Waals surface area contributed by atoms with Gasteiger partial charge in [0, 0.05) is 22.8 Å². The van der Waals surface area contributed by atoms with E-state index in [9.17, 15) is 19.5 Å². The van der Waals surface area contributed by atoms with Crippen molar-refractivity contribution in [2.24, 2.45) is 5.16 Å². The highest BCUT2D eigenvalue weighted by Gasteiger charge is 2.53. The molecule has 14 heteroatoms. The van der Waals surface area contributed by atoms with Crippen LogP contribution in [0.2, 0.25) is 0 Å². The third kappa shape index (κ3) is 4.10. The van der Waals surface area contributed by atoms with Gasteiger partial charge in [-0.25, -0.2) is 0 Å². The summed E-state index contributed by atoms with van der Waals surface area (Å²) >= 11 is 2.93. The summed E-state index contributed by atoms with van der Waals surface area (Å²) < 4.78 is 7.84. The van der Waals surface area contributed by atoms with Gasteiger partial charge in [0.05, 0.1) is 16.4 Å². The van der Waals surface area contributed by atoms with E-state index in [1.54, 1.807) is 11.3 Å². The molecular weight excluding hydrogens is 496 g/mol. The quantitative estimate of drug-likeness (QED) is 0.178. The van der Waals surface area contributed by atoms with Gasteiger partial charge in [0.25, 0.3) is 17.8 Å². The predicted octanol–water partition coefficient (Wildman–Crippen LogP) is -0.786. The molecule has 5 heterocycles. The van der Waals surface area contributed by atoms with E-state index in [0.717, 1.165) is 21.2 Å². The van der Waals surface area contributed by atoms with E-state index >= 15 is 0 Å². The first-order valence-corrected chi connectivity index (χ1v) is 12.2. The summed E-state index contributed by atoms with van der Waals surface area (Å²) in [6, 6.07) is 2.82. The molecule has 180 valence electrons. The zero-order valence-corrected chi connectivity index (χ0v) is 19.8. The first kappa shape index (κ1) is 22.9. The number of aromatic nitrogens is 2. The third-order valence-corrected chi connectivity index (χ3v) is 7.73. The molecule has 1 saturated heterocycles. The van der Waals surface area contributed by atoms with Crippen molar-refractivity contribution >= 4 is 62.7 Å². The molecule has 35 heavy (non-hydrogen) atoms. The first-order valence-electron chi connectivity index (χ1n) is 10.2. The zero-order valence-electron chi connectivity index (χ0n) is 18.2. The van der Waals surface area contributed by atoms with Crippen LogP contribution < -0.4 is 20.7 Å². The van der Waals surface area contributed by atoms with Crippen LogP contribution in [-0.2, 0) is 25.8 Å². The number of nitrogens with zero attached hydrogens (tertiary/aromatic N) is 4. The number of amides is 2. The van der Waals surface area contributed by atoms with Gasteiger partial charge in [-0.1, -0.05) is 5.16 Å². The number of carbonyl (C=O) groups is 3. The highest BCUT2D eigenvalue weighted by Crippen LogP contribution is 2.40. The van der Waals surface area contributed by atoms with Gasteiger partial charge in [0.15, 0.2) is 24.7 Å². The normalized spacial score (nSPS) is 20.0. The molecule has 0 bridgehead atoms. The molecule has 0 saturated carbocycles. The maximum Gasteiger partial charge on any atom is 0.292 e. The Morgan fingerprint density at radius 3 is 3.00 bits per heavy atom. The fourth-order valence-electron chi connectivity index (χ4n) is 3.96. The molecule has 1 fully saturated rings. The van der Waals surface area contributed by atoms with Gasteiger partial charge in [-0.2, -0.15) is 9.55 Å². The van der Waals surface area contributed by atoms with Crippen molar-refractivity contribution in [3.05, 3.63) is 53.1 Å². The maximum atomic E-state index is 12.9. The first-order chi connectivity index (χ1) is 16.9. The summed E-state index contributed by atoms with van der Waals surface area (Å²) in [4.78, 5) is 47.5. The molecule has 2 aliphatic rings. The Morgan fingerprint density at radius 2 is 2.29 bits per heavy atom. The number of thioether (sulfide) groups is 1. The van der Waals surface area contributed by atoms with Crippen LogP contribution in [0, 0.1) is 0 Å². The van der Waals surface area contributed by atoms with Crippen LogP contribution in [0.1, 0.15) is 5.69 Å². The van der Waals surface area contributed by atoms with Gasteiger partial charge >= 0.3 is 0 Å². The van der Waals surface area contributed by atoms with E-state index in [1.807, 2.05) is 34.5 Å². The smallest absolute Gasteiger partial charge is 0.292 e. The Labute approximate surface area is 206 Å². The Morgan fingerprint density at radius 1 is 1.46 bits per heavy atom. The van der Waals surface area contributed by atoms with Gasteiger partial charge < -0.3 is 30.2 Å². The fraction of sp³-hybridized carbons (Fsp3) is 0.238. The largest absolute Gasteiger partial charge is 0.543 e. The SMILES string of the molecule is CO/N=C(\C(=O)NC1C(=O)N2C(C(=O)[O-])=C(C[n+]3ccc4ccsc4c3)CS[C@H]12)c1coc(N)n1. The lowest BCUT2D eigenvalue weighted by Crippen LogP contribution is -2.71. The lowest BCUT2D eigenvalue weighted by molar-refractivity contribution is -0.687. The van der Waals surface area contributed by atoms with Crippen molar-refractivity contribution in [3.8, 4) is 0 Å². The van der Waals surface area contributed by atoms with Crippen LogP contribution in [0.3, 0.4) is 0 Å². The molecule has 0 radical (unpaired) electrons. The van der Waals surface area contributed by atoms with E-state index in [4.69, 9.17) is 15.0 Å². The Bertz CT molecular complexity index is 1410. The number of rotatable bonds is 7. The van der Waals surface area contributed by atoms with Gasteiger partial charge in [-0.3, -0.25) is 14.5 Å². The molecule has 1 unspecified atom stereocenters. The van der Waals surface area contributed by atoms with E-state index in [0.29, 0.717) is 11.3 Å². The van der Waals surface area contributed by atoms with Crippen LogP contribution in [0.5, 0.6) is 0 Å². The van der Waals surface area contributed by atoms with Crippen molar-refractivity contribution < 1.29 is 33.3 Å². The minimum atomic E-state index is -1.44. The molecule has 3 N–H and O–H groups in total. The van der Waals surface area contributed by atoms with Crippen LogP contribution in [-0.4, -0.2) is 57.7 Å². The number of carboxylic acid groups (broad SMARTS) is 1. The van der Waals surface area contributed by atoms with E-state index in [1.165, 1.54) is 18.9 Å². The molecule has 2 amide bonds. The molecular formula is C21H18N6O6S2. The molecule has 2 atom stereocenters. The summed E-state index contributed by atoms with van der Waals surface area (Å²) in [5, 5.41) is 20.7. The molecule has 12 nitrogen and oxygen atoms in total. The van der Waals surface area contributed by atoms with E-state index < -0.39 is 29.2 Å². The number of nitrogens with two attached hydrogens (primary N) is 1. The number of oxime groups is 1. The summed E-state index contributed by atoms with van der Waals surface area (Å²) in [5.74, 6) is -2.41. The molecule has 5 rings (SSSR count). The number of hydrogen-bond acceptors (Lipinski definition) is 11. The summed E-state index contributed by atoms with van der Waals surface area (Å²) in [6.07, 6.45) is 4.93. The lowest BCUT2D eigenvalue weighted by atomic mass is 10.0. The molecule has 2 aliphatic heterocycles. The van der Waals surface area contributed by atoms with Gasteiger partial charge in [-0.05, 0) is 11.4 Å². The molecule has 3 aromatic heterocycles. The van der Waals surface area contributed by atoms with E-state index in [-0.39, 0.29) is 29.7 Å². The monoisotopic (exact) mass is 514 g/mol. The Balaban J connectivity index is 1.36. The average Bonchev–Trinajstić information content (AvgIpc) is 3.48. The van der Waals surface area contributed by atoms with E-state index in [2.05, 4.69) is 15.5 Å². The number of oxazole rings is 1. The summed E-state index contributed by atoms with van der Waals surface area (Å²) in [7, 11) is 1.25. The highest BCUT2D eigenvalue weighted by molar-refractivity contribution is 8.00. The predicted molar refractivity (Wildman–Crippen MR) is 124 cm³/mol. The number of hydrogen-bond donors (Lipinski definition) is 2. The van der Waals surface area contributed by atoms with Crippen molar-refractivity contribution in [1.82, 2.24) is 15.2 Å². The number of nitrogen functional groups attached to an aromatic ring is 1. The highest BCUT2D eigenvalue weighted by atomic mass is 32.2. The minimum Gasteiger partial charge on any atom is -0.543 e.